The molecule has 2 aliphatic rings. The van der Waals surface area contributed by atoms with E-state index in [1.165, 1.54) is 12.1 Å². The average molecular weight is 321 g/mol. The van der Waals surface area contributed by atoms with Gasteiger partial charge in [-0.25, -0.2) is 4.79 Å². The summed E-state index contributed by atoms with van der Waals surface area (Å²) in [6.07, 6.45) is 0.539. The summed E-state index contributed by atoms with van der Waals surface area (Å²) >= 11 is 0. The molecule has 2 fully saturated rings. The Morgan fingerprint density at radius 1 is 1.35 bits per heavy atom. The van der Waals surface area contributed by atoms with Crippen molar-refractivity contribution in [3.8, 4) is 11.5 Å². The zero-order valence-electron chi connectivity index (χ0n) is 12.4. The van der Waals surface area contributed by atoms with Crippen LogP contribution in [-0.2, 0) is 4.79 Å². The molecule has 0 radical (unpaired) electrons. The fraction of sp³-hybridized carbons (Fsp3) is 0.467. The zero-order valence-corrected chi connectivity index (χ0v) is 12.4. The normalized spacial score (nSPS) is 25.0. The molecular weight excluding hydrogens is 302 g/mol. The average Bonchev–Trinajstić information content (AvgIpc) is 2.91. The van der Waals surface area contributed by atoms with Crippen molar-refractivity contribution in [2.24, 2.45) is 5.73 Å². The summed E-state index contributed by atoms with van der Waals surface area (Å²) in [6.45, 7) is 1.99. The van der Waals surface area contributed by atoms with Crippen molar-refractivity contribution in [2.45, 2.75) is 24.6 Å². The first-order valence-corrected chi connectivity index (χ1v) is 7.44. The third kappa shape index (κ3) is 3.08. The lowest BCUT2D eigenvalue weighted by molar-refractivity contribution is -0.119. The van der Waals surface area contributed by atoms with Crippen LogP contribution in [-0.4, -0.2) is 64.8 Å². The number of primary amides is 1. The smallest absolute Gasteiger partial charge is 0.343 e. The molecule has 1 amide bonds. The first-order valence-electron chi connectivity index (χ1n) is 7.44. The number of carbonyl (C=O) groups excluding carboxylic acids is 1. The number of rotatable bonds is 5. The Hall–Kier alpha value is -2.32. The molecule has 0 saturated carbocycles. The lowest BCUT2D eigenvalue weighted by Gasteiger charge is -2.42. The van der Waals surface area contributed by atoms with E-state index in [1.54, 1.807) is 6.07 Å². The molecule has 2 aliphatic heterocycles. The number of carboxylic acids is 1. The van der Waals surface area contributed by atoms with Crippen molar-refractivity contribution >= 4 is 11.9 Å². The molecule has 0 aromatic heterocycles. The van der Waals surface area contributed by atoms with Crippen LogP contribution in [0.3, 0.4) is 0 Å². The van der Waals surface area contributed by atoms with Gasteiger partial charge >= 0.3 is 5.97 Å². The zero-order chi connectivity index (χ0) is 16.6. The van der Waals surface area contributed by atoms with Gasteiger partial charge in [0, 0.05) is 25.7 Å². The third-order valence-corrected chi connectivity index (χ3v) is 4.36. The topological polar surface area (TPSA) is 125 Å². The standard InChI is InChI=1S/C15H19N3O5/c16-14(20)10-4-8(5-17-10)18-6-9(7-18)23-12-3-1-2-11(19)13(12)15(21)22/h1-3,8-10,17,19H,4-7H2,(H2,16,20)(H,21,22)/t8-,10+/m1/s1. The highest BCUT2D eigenvalue weighted by atomic mass is 16.5. The van der Waals surface area contributed by atoms with Crippen LogP contribution in [0.5, 0.6) is 11.5 Å². The molecule has 23 heavy (non-hydrogen) atoms. The number of aromatic hydroxyl groups is 1. The van der Waals surface area contributed by atoms with E-state index in [0.717, 1.165) is 0 Å². The Kier molecular flexibility index (Phi) is 4.10. The second-order valence-electron chi connectivity index (χ2n) is 5.90. The maximum Gasteiger partial charge on any atom is 0.343 e. The van der Waals surface area contributed by atoms with Crippen LogP contribution in [0.4, 0.5) is 0 Å². The minimum atomic E-state index is -1.22. The number of ether oxygens (including phenoxy) is 1. The molecule has 5 N–H and O–H groups in total. The summed E-state index contributed by atoms with van der Waals surface area (Å²) in [4.78, 5) is 24.5. The SMILES string of the molecule is NC(=O)[C@@H]1C[C@@H](N2CC(Oc3cccc(O)c3C(=O)O)C2)CN1. The Balaban J connectivity index is 1.56. The number of phenols is 1. The number of benzene rings is 1. The van der Waals surface area contributed by atoms with E-state index in [9.17, 15) is 14.7 Å². The molecule has 1 aromatic rings. The number of carbonyl (C=O) groups is 2. The largest absolute Gasteiger partial charge is 0.507 e. The van der Waals surface area contributed by atoms with Gasteiger partial charge in [0.25, 0.3) is 0 Å². The van der Waals surface area contributed by atoms with Crippen molar-refractivity contribution in [1.29, 1.82) is 0 Å². The maximum atomic E-state index is 11.2. The van der Waals surface area contributed by atoms with Crippen LogP contribution >= 0.6 is 0 Å². The van der Waals surface area contributed by atoms with Crippen LogP contribution in [0.2, 0.25) is 0 Å². The van der Waals surface area contributed by atoms with Crippen molar-refractivity contribution in [3.63, 3.8) is 0 Å². The van der Waals surface area contributed by atoms with Gasteiger partial charge in [-0.2, -0.15) is 0 Å². The number of nitrogens with one attached hydrogen (secondary N) is 1. The summed E-state index contributed by atoms with van der Waals surface area (Å²) in [5, 5.41) is 21.9. The molecule has 0 spiro atoms. The van der Waals surface area contributed by atoms with Crippen molar-refractivity contribution in [3.05, 3.63) is 23.8 Å². The van der Waals surface area contributed by atoms with E-state index >= 15 is 0 Å². The molecule has 8 nitrogen and oxygen atoms in total. The van der Waals surface area contributed by atoms with E-state index in [2.05, 4.69) is 10.2 Å². The maximum absolute atomic E-state index is 11.2. The van der Waals surface area contributed by atoms with E-state index < -0.39 is 5.97 Å². The molecule has 124 valence electrons. The Labute approximate surface area is 132 Å². The number of carboxylic acid groups (broad SMARTS) is 1. The monoisotopic (exact) mass is 321 g/mol. The van der Waals surface area contributed by atoms with Gasteiger partial charge in [-0.1, -0.05) is 6.07 Å². The van der Waals surface area contributed by atoms with E-state index in [1.807, 2.05) is 0 Å². The van der Waals surface area contributed by atoms with Crippen LogP contribution < -0.4 is 15.8 Å². The highest BCUT2D eigenvalue weighted by Gasteiger charge is 2.39. The molecule has 0 aliphatic carbocycles. The highest BCUT2D eigenvalue weighted by molar-refractivity contribution is 5.94. The molecule has 0 bridgehead atoms. The van der Waals surface area contributed by atoms with Gasteiger partial charge in [0.1, 0.15) is 23.2 Å². The summed E-state index contributed by atoms with van der Waals surface area (Å²) in [7, 11) is 0. The summed E-state index contributed by atoms with van der Waals surface area (Å²) in [6, 6.07) is 4.34. The Bertz CT molecular complexity index is 630. The molecule has 0 unspecified atom stereocenters. The van der Waals surface area contributed by atoms with Crippen molar-refractivity contribution < 1.29 is 24.5 Å². The molecule has 8 heteroatoms. The fourth-order valence-electron chi connectivity index (χ4n) is 3.07. The predicted molar refractivity (Wildman–Crippen MR) is 80.4 cm³/mol. The van der Waals surface area contributed by atoms with Gasteiger partial charge in [0.05, 0.1) is 6.04 Å². The van der Waals surface area contributed by atoms with Crippen LogP contribution in [0.25, 0.3) is 0 Å². The lowest BCUT2D eigenvalue weighted by Crippen LogP contribution is -2.58. The number of amides is 1. The molecular formula is C15H19N3O5. The number of likely N-dealkylation sites (tertiary alicyclic amines) is 1. The fourth-order valence-corrected chi connectivity index (χ4v) is 3.07. The molecule has 2 atom stereocenters. The van der Waals surface area contributed by atoms with Crippen LogP contribution in [0, 0.1) is 0 Å². The van der Waals surface area contributed by atoms with Crippen LogP contribution in [0.1, 0.15) is 16.8 Å². The van der Waals surface area contributed by atoms with E-state index in [4.69, 9.17) is 15.6 Å². The van der Waals surface area contributed by atoms with Gasteiger partial charge in [-0.05, 0) is 18.6 Å². The quantitative estimate of drug-likeness (QED) is 0.569. The Morgan fingerprint density at radius 2 is 2.09 bits per heavy atom. The molecule has 3 rings (SSSR count). The number of nitrogens with two attached hydrogens (primary N) is 1. The first-order chi connectivity index (χ1) is 11.0. The number of nitrogens with zero attached hydrogens (tertiary/aromatic N) is 1. The minimum absolute atomic E-state index is 0.137. The van der Waals surface area contributed by atoms with Gasteiger partial charge < -0.3 is 26.0 Å². The second-order valence-corrected chi connectivity index (χ2v) is 5.90. The highest BCUT2D eigenvalue weighted by Crippen LogP contribution is 2.30. The van der Waals surface area contributed by atoms with E-state index in [0.29, 0.717) is 26.1 Å². The third-order valence-electron chi connectivity index (χ3n) is 4.36. The lowest BCUT2D eigenvalue weighted by atomic mass is 10.0. The number of hydrogen-bond donors (Lipinski definition) is 4. The summed E-state index contributed by atoms with van der Waals surface area (Å²) in [5.41, 5.74) is 5.06. The first kappa shape index (κ1) is 15.6. The Morgan fingerprint density at radius 3 is 2.70 bits per heavy atom. The van der Waals surface area contributed by atoms with Crippen molar-refractivity contribution in [2.75, 3.05) is 19.6 Å². The summed E-state index contributed by atoms with van der Waals surface area (Å²) in [5.74, 6) is -1.71. The summed E-state index contributed by atoms with van der Waals surface area (Å²) < 4.78 is 5.69. The molecule has 2 heterocycles. The van der Waals surface area contributed by atoms with Gasteiger partial charge in [-0.15, -0.1) is 0 Å². The minimum Gasteiger partial charge on any atom is -0.507 e. The van der Waals surface area contributed by atoms with Crippen LogP contribution in [0.15, 0.2) is 18.2 Å². The molecule has 1 aromatic carbocycles. The second kappa shape index (κ2) is 6.05. The molecule has 2 saturated heterocycles. The number of hydrogen-bond acceptors (Lipinski definition) is 6. The van der Waals surface area contributed by atoms with Gasteiger partial charge in [0.2, 0.25) is 5.91 Å². The van der Waals surface area contributed by atoms with Gasteiger partial charge in [-0.3, -0.25) is 9.69 Å². The van der Waals surface area contributed by atoms with Gasteiger partial charge in [0.15, 0.2) is 0 Å². The van der Waals surface area contributed by atoms with E-state index in [-0.39, 0.29) is 41.2 Å². The van der Waals surface area contributed by atoms with Crippen molar-refractivity contribution in [1.82, 2.24) is 10.2 Å². The number of aromatic carboxylic acids is 1. The predicted octanol–water partition coefficient (Wildman–Crippen LogP) is -0.631.